The van der Waals surface area contributed by atoms with Crippen LogP contribution in [-0.4, -0.2) is 19.8 Å². The van der Waals surface area contributed by atoms with Crippen molar-refractivity contribution in [2.45, 2.75) is 13.3 Å². The minimum atomic E-state index is -0.250. The van der Waals surface area contributed by atoms with E-state index in [4.69, 9.17) is 0 Å². The maximum absolute atomic E-state index is 11.3. The first-order valence-corrected chi connectivity index (χ1v) is 2.68. The Morgan fingerprint density at radius 1 is 1.43 bits per heavy atom. The first-order chi connectivity index (χ1) is 3.41. The molecule has 1 N–H and O–H groups in total. The molecule has 0 atom stereocenters. The summed E-state index contributed by atoms with van der Waals surface area (Å²) in [6.07, 6.45) is 1.08. The summed E-state index contributed by atoms with van der Waals surface area (Å²) in [4.78, 5) is 0. The quantitative estimate of drug-likeness (QED) is 0.525. The van der Waals surface area contributed by atoms with Gasteiger partial charge in [-0.1, -0.05) is 6.92 Å². The highest BCUT2D eigenvalue weighted by Crippen LogP contribution is 1.68. The van der Waals surface area contributed by atoms with E-state index in [9.17, 15) is 4.39 Å². The van der Waals surface area contributed by atoms with Crippen molar-refractivity contribution in [1.29, 1.82) is 0 Å². The summed E-state index contributed by atoms with van der Waals surface area (Å²) in [5.74, 6) is 0. The molecule has 0 bridgehead atoms. The van der Waals surface area contributed by atoms with E-state index in [0.717, 1.165) is 13.0 Å². The standard InChI is InChI=1S/C5H12FN/c1-2-4-7-5-3-6/h7H,2-5H2,1H3. The van der Waals surface area contributed by atoms with Gasteiger partial charge in [-0.15, -0.1) is 0 Å². The SMILES string of the molecule is CCCNCCF. The number of hydrogen-bond donors (Lipinski definition) is 1. The molecule has 0 aliphatic heterocycles. The summed E-state index contributed by atoms with van der Waals surface area (Å²) < 4.78 is 11.3. The Hall–Kier alpha value is -0.110. The molecule has 0 amide bonds. The van der Waals surface area contributed by atoms with Crippen molar-refractivity contribution in [2.75, 3.05) is 19.8 Å². The minimum Gasteiger partial charge on any atom is -0.314 e. The third kappa shape index (κ3) is 5.89. The molecule has 1 nitrogen and oxygen atoms in total. The number of alkyl halides is 1. The molecule has 0 saturated carbocycles. The fourth-order valence-electron chi connectivity index (χ4n) is 0.369. The molecule has 0 rings (SSSR count). The van der Waals surface area contributed by atoms with Crippen molar-refractivity contribution < 1.29 is 4.39 Å². The minimum absolute atomic E-state index is 0.250. The van der Waals surface area contributed by atoms with Crippen LogP contribution in [0.15, 0.2) is 0 Å². The predicted molar refractivity (Wildman–Crippen MR) is 29.1 cm³/mol. The highest BCUT2D eigenvalue weighted by molar-refractivity contribution is 4.40. The summed E-state index contributed by atoms with van der Waals surface area (Å²) >= 11 is 0. The Labute approximate surface area is 43.9 Å². The molecule has 44 valence electrons. The van der Waals surface area contributed by atoms with E-state index < -0.39 is 0 Å². The molecule has 0 fully saturated rings. The average molecular weight is 105 g/mol. The second-order valence-electron chi connectivity index (χ2n) is 1.44. The Kier molecular flexibility index (Phi) is 5.80. The molecule has 0 heterocycles. The summed E-state index contributed by atoms with van der Waals surface area (Å²) in [5.41, 5.74) is 0. The average Bonchev–Trinajstić information content (AvgIpc) is 1.69. The van der Waals surface area contributed by atoms with Gasteiger partial charge < -0.3 is 5.32 Å². The van der Waals surface area contributed by atoms with Gasteiger partial charge in [0.05, 0.1) is 0 Å². The second kappa shape index (κ2) is 5.89. The lowest BCUT2D eigenvalue weighted by Gasteiger charge is -1.94. The lowest BCUT2D eigenvalue weighted by Crippen LogP contribution is -2.16. The van der Waals surface area contributed by atoms with E-state index in [-0.39, 0.29) is 6.67 Å². The lowest BCUT2D eigenvalue weighted by molar-refractivity contribution is 0.467. The van der Waals surface area contributed by atoms with E-state index in [1.54, 1.807) is 0 Å². The van der Waals surface area contributed by atoms with Crippen LogP contribution < -0.4 is 5.32 Å². The normalized spacial score (nSPS) is 9.43. The Bertz CT molecular complexity index is 27.3. The molecule has 0 aromatic heterocycles. The van der Waals surface area contributed by atoms with Gasteiger partial charge in [-0.25, -0.2) is 4.39 Å². The van der Waals surface area contributed by atoms with Gasteiger partial charge in [0.15, 0.2) is 0 Å². The van der Waals surface area contributed by atoms with Crippen LogP contribution in [0.2, 0.25) is 0 Å². The Morgan fingerprint density at radius 2 is 2.14 bits per heavy atom. The van der Waals surface area contributed by atoms with Crippen LogP contribution in [0.4, 0.5) is 4.39 Å². The molecule has 0 aliphatic carbocycles. The third-order valence-corrected chi connectivity index (χ3v) is 0.698. The van der Waals surface area contributed by atoms with E-state index >= 15 is 0 Å². The predicted octanol–water partition coefficient (Wildman–Crippen LogP) is 0.956. The van der Waals surface area contributed by atoms with Crippen LogP contribution in [0.3, 0.4) is 0 Å². The van der Waals surface area contributed by atoms with Crippen molar-refractivity contribution in [3.05, 3.63) is 0 Å². The Morgan fingerprint density at radius 3 is 2.57 bits per heavy atom. The zero-order valence-electron chi connectivity index (χ0n) is 4.71. The Balaban J connectivity index is 2.45. The molecule has 0 aromatic carbocycles. The lowest BCUT2D eigenvalue weighted by atomic mass is 10.5. The molecule has 0 radical (unpaired) electrons. The van der Waals surface area contributed by atoms with Crippen molar-refractivity contribution in [3.63, 3.8) is 0 Å². The summed E-state index contributed by atoms with van der Waals surface area (Å²) in [5, 5.41) is 2.91. The van der Waals surface area contributed by atoms with Crippen LogP contribution in [-0.2, 0) is 0 Å². The maximum atomic E-state index is 11.3. The number of halogens is 1. The summed E-state index contributed by atoms with van der Waals surface area (Å²) in [6, 6.07) is 0. The van der Waals surface area contributed by atoms with Gasteiger partial charge in [-0.3, -0.25) is 0 Å². The van der Waals surface area contributed by atoms with Crippen molar-refractivity contribution >= 4 is 0 Å². The summed E-state index contributed by atoms with van der Waals surface area (Å²) in [7, 11) is 0. The highest BCUT2D eigenvalue weighted by Gasteiger charge is 1.78. The third-order valence-electron chi connectivity index (χ3n) is 0.698. The van der Waals surface area contributed by atoms with Crippen LogP contribution >= 0.6 is 0 Å². The van der Waals surface area contributed by atoms with Gasteiger partial charge in [-0.05, 0) is 13.0 Å². The monoisotopic (exact) mass is 105 g/mol. The molecular weight excluding hydrogens is 93.1 g/mol. The van der Waals surface area contributed by atoms with E-state index in [1.807, 2.05) is 0 Å². The van der Waals surface area contributed by atoms with Crippen LogP contribution in [0.25, 0.3) is 0 Å². The first-order valence-electron chi connectivity index (χ1n) is 2.68. The van der Waals surface area contributed by atoms with Crippen molar-refractivity contribution in [2.24, 2.45) is 0 Å². The van der Waals surface area contributed by atoms with Gasteiger partial charge in [-0.2, -0.15) is 0 Å². The van der Waals surface area contributed by atoms with Gasteiger partial charge >= 0.3 is 0 Å². The molecule has 0 aliphatic rings. The zero-order valence-corrected chi connectivity index (χ0v) is 4.71. The largest absolute Gasteiger partial charge is 0.314 e. The fraction of sp³-hybridized carbons (Fsp3) is 1.00. The van der Waals surface area contributed by atoms with Crippen molar-refractivity contribution in [1.82, 2.24) is 5.32 Å². The molecule has 0 spiro atoms. The molecule has 0 unspecified atom stereocenters. The van der Waals surface area contributed by atoms with E-state index in [0.29, 0.717) is 6.54 Å². The molecule has 2 heteroatoms. The van der Waals surface area contributed by atoms with Crippen LogP contribution in [0.5, 0.6) is 0 Å². The van der Waals surface area contributed by atoms with Crippen molar-refractivity contribution in [3.8, 4) is 0 Å². The fourth-order valence-corrected chi connectivity index (χ4v) is 0.369. The molecule has 0 aromatic rings. The topological polar surface area (TPSA) is 12.0 Å². The van der Waals surface area contributed by atoms with Gasteiger partial charge in [0.2, 0.25) is 0 Å². The van der Waals surface area contributed by atoms with Gasteiger partial charge in [0, 0.05) is 6.54 Å². The summed E-state index contributed by atoms with van der Waals surface area (Å²) in [6.45, 7) is 3.25. The molecule has 7 heavy (non-hydrogen) atoms. The van der Waals surface area contributed by atoms with E-state index in [2.05, 4.69) is 12.2 Å². The number of rotatable bonds is 4. The molecule has 0 saturated heterocycles. The van der Waals surface area contributed by atoms with Gasteiger partial charge in [0.25, 0.3) is 0 Å². The van der Waals surface area contributed by atoms with Crippen LogP contribution in [0, 0.1) is 0 Å². The van der Waals surface area contributed by atoms with E-state index in [1.165, 1.54) is 0 Å². The number of hydrogen-bond acceptors (Lipinski definition) is 1. The van der Waals surface area contributed by atoms with Gasteiger partial charge in [0.1, 0.15) is 6.67 Å². The first kappa shape index (κ1) is 6.89. The number of nitrogens with one attached hydrogen (secondary N) is 1. The highest BCUT2D eigenvalue weighted by atomic mass is 19.1. The maximum Gasteiger partial charge on any atom is 0.102 e. The van der Waals surface area contributed by atoms with Crippen LogP contribution in [0.1, 0.15) is 13.3 Å². The molecular formula is C5H12FN. The second-order valence-corrected chi connectivity index (χ2v) is 1.44. The smallest absolute Gasteiger partial charge is 0.102 e. The zero-order chi connectivity index (χ0) is 5.54.